The predicted octanol–water partition coefficient (Wildman–Crippen LogP) is 4.15. The van der Waals surface area contributed by atoms with Gasteiger partial charge in [0.25, 0.3) is 5.91 Å². The van der Waals surface area contributed by atoms with Gasteiger partial charge in [0.15, 0.2) is 0 Å². The molecule has 0 aliphatic carbocycles. The lowest BCUT2D eigenvalue weighted by Crippen LogP contribution is -2.41. The highest BCUT2D eigenvalue weighted by atomic mass is 35.5. The third-order valence-corrected chi connectivity index (χ3v) is 6.28. The third-order valence-electron chi connectivity index (χ3n) is 5.03. The van der Waals surface area contributed by atoms with Crippen molar-refractivity contribution < 1.29 is 9.59 Å². The number of carbonyl (C=O) groups is 2. The van der Waals surface area contributed by atoms with E-state index in [1.165, 1.54) is 30.4 Å². The molecule has 3 aromatic rings. The molecule has 1 aliphatic heterocycles. The van der Waals surface area contributed by atoms with Crippen LogP contribution in [0, 0.1) is 0 Å². The Morgan fingerprint density at radius 2 is 2.03 bits per heavy atom. The van der Waals surface area contributed by atoms with Crippen LogP contribution in [0.15, 0.2) is 42.6 Å². The Hall–Kier alpha value is -2.84. The molecule has 7 nitrogen and oxygen atoms in total. The van der Waals surface area contributed by atoms with Crippen molar-refractivity contribution in [3.8, 4) is 10.6 Å². The largest absolute Gasteiger partial charge is 0.371 e. The van der Waals surface area contributed by atoms with E-state index < -0.39 is 6.04 Å². The molecule has 9 heteroatoms. The Morgan fingerprint density at radius 1 is 1.23 bits per heavy atom. The fraction of sp³-hybridized carbons (Fsp3) is 0.286. The van der Waals surface area contributed by atoms with Crippen molar-refractivity contribution in [1.82, 2.24) is 15.5 Å². The monoisotopic (exact) mass is 443 g/mol. The molecule has 1 aliphatic rings. The van der Waals surface area contributed by atoms with Crippen LogP contribution in [0.2, 0.25) is 4.34 Å². The molecule has 1 unspecified atom stereocenters. The minimum atomic E-state index is -0.720. The van der Waals surface area contributed by atoms with Crippen LogP contribution in [-0.4, -0.2) is 41.1 Å². The fourth-order valence-corrected chi connectivity index (χ4v) is 4.49. The van der Waals surface area contributed by atoms with Gasteiger partial charge in [-0.1, -0.05) is 17.7 Å². The predicted molar refractivity (Wildman–Crippen MR) is 120 cm³/mol. The highest BCUT2D eigenvalue weighted by Gasteiger charge is 2.22. The Balaban J connectivity index is 1.40. The molecule has 1 saturated heterocycles. The maximum atomic E-state index is 12.7. The van der Waals surface area contributed by atoms with E-state index in [1.54, 1.807) is 13.0 Å². The van der Waals surface area contributed by atoms with Gasteiger partial charge in [-0.05, 0) is 50.1 Å². The summed E-state index contributed by atoms with van der Waals surface area (Å²) in [6.45, 7) is 3.72. The van der Waals surface area contributed by atoms with E-state index in [0.717, 1.165) is 23.7 Å². The van der Waals surface area contributed by atoms with Crippen molar-refractivity contribution >= 4 is 46.1 Å². The smallest absolute Gasteiger partial charge is 0.255 e. The number of amides is 2. The van der Waals surface area contributed by atoms with E-state index in [4.69, 9.17) is 11.6 Å². The summed E-state index contributed by atoms with van der Waals surface area (Å²) in [6.07, 6.45) is 3.82. The molecular weight excluding hydrogens is 422 g/mol. The number of carbonyl (C=O) groups excluding carboxylic acids is 2. The summed E-state index contributed by atoms with van der Waals surface area (Å²) >= 11 is 7.34. The molecule has 0 radical (unpaired) electrons. The second-order valence-electron chi connectivity index (χ2n) is 7.19. The van der Waals surface area contributed by atoms with Crippen molar-refractivity contribution in [3.05, 3.63) is 52.5 Å². The molecule has 3 N–H and O–H groups in total. The van der Waals surface area contributed by atoms with Gasteiger partial charge in [-0.15, -0.1) is 11.3 Å². The SMILES string of the molecule is CC(NC(=O)c1cn[nH]c1-c1ccc(Cl)s1)C(=O)Nc1cccc(N2CCCC2)c1. The van der Waals surface area contributed by atoms with Crippen molar-refractivity contribution in [2.45, 2.75) is 25.8 Å². The van der Waals surface area contributed by atoms with Gasteiger partial charge in [0.05, 0.1) is 26.7 Å². The quantitative estimate of drug-likeness (QED) is 0.533. The summed E-state index contributed by atoms with van der Waals surface area (Å²) in [6, 6.07) is 10.6. The zero-order valence-corrected chi connectivity index (χ0v) is 18.0. The summed E-state index contributed by atoms with van der Waals surface area (Å²) < 4.78 is 0.620. The van der Waals surface area contributed by atoms with E-state index in [0.29, 0.717) is 21.3 Å². The van der Waals surface area contributed by atoms with Gasteiger partial charge in [0, 0.05) is 24.5 Å². The van der Waals surface area contributed by atoms with Crippen LogP contribution >= 0.6 is 22.9 Å². The van der Waals surface area contributed by atoms with Crippen LogP contribution in [-0.2, 0) is 4.79 Å². The van der Waals surface area contributed by atoms with E-state index in [2.05, 4.69) is 25.7 Å². The van der Waals surface area contributed by atoms with Crippen molar-refractivity contribution in [2.24, 2.45) is 0 Å². The highest BCUT2D eigenvalue weighted by molar-refractivity contribution is 7.19. The number of benzene rings is 1. The minimum Gasteiger partial charge on any atom is -0.371 e. The molecule has 1 fully saturated rings. The molecule has 1 atom stereocenters. The molecule has 30 heavy (non-hydrogen) atoms. The van der Waals surface area contributed by atoms with Crippen LogP contribution in [0.5, 0.6) is 0 Å². The van der Waals surface area contributed by atoms with Crippen LogP contribution < -0.4 is 15.5 Å². The third kappa shape index (κ3) is 4.49. The molecule has 4 rings (SSSR count). The van der Waals surface area contributed by atoms with Gasteiger partial charge < -0.3 is 15.5 Å². The first-order chi connectivity index (χ1) is 14.5. The number of thiophene rings is 1. The number of hydrogen-bond acceptors (Lipinski definition) is 5. The van der Waals surface area contributed by atoms with Gasteiger partial charge in [-0.2, -0.15) is 5.10 Å². The van der Waals surface area contributed by atoms with Crippen LogP contribution in [0.4, 0.5) is 11.4 Å². The van der Waals surface area contributed by atoms with Crippen LogP contribution in [0.3, 0.4) is 0 Å². The number of nitrogens with one attached hydrogen (secondary N) is 3. The zero-order chi connectivity index (χ0) is 21.1. The first-order valence-corrected chi connectivity index (χ1v) is 11.0. The number of halogens is 1. The van der Waals surface area contributed by atoms with Gasteiger partial charge in [-0.3, -0.25) is 14.7 Å². The molecule has 0 bridgehead atoms. The number of anilines is 2. The summed E-state index contributed by atoms with van der Waals surface area (Å²) in [7, 11) is 0. The molecule has 156 valence electrons. The Morgan fingerprint density at radius 3 is 2.77 bits per heavy atom. The Labute approximate surface area is 183 Å². The Kier molecular flexibility index (Phi) is 6.06. The van der Waals surface area contributed by atoms with E-state index >= 15 is 0 Å². The van der Waals surface area contributed by atoms with Gasteiger partial charge in [0.1, 0.15) is 6.04 Å². The lowest BCUT2D eigenvalue weighted by molar-refractivity contribution is -0.117. The van der Waals surface area contributed by atoms with Crippen molar-refractivity contribution in [3.63, 3.8) is 0 Å². The average Bonchev–Trinajstić information content (AvgIpc) is 3.49. The van der Waals surface area contributed by atoms with E-state index in [1.807, 2.05) is 30.3 Å². The van der Waals surface area contributed by atoms with Gasteiger partial charge >= 0.3 is 0 Å². The summed E-state index contributed by atoms with van der Waals surface area (Å²) in [5.41, 5.74) is 2.75. The normalized spacial score (nSPS) is 14.5. The molecule has 0 saturated carbocycles. The van der Waals surface area contributed by atoms with Gasteiger partial charge in [0.2, 0.25) is 5.91 Å². The maximum Gasteiger partial charge on any atom is 0.255 e. The lowest BCUT2D eigenvalue weighted by atomic mass is 10.2. The zero-order valence-electron chi connectivity index (χ0n) is 16.4. The molecule has 0 spiro atoms. The topological polar surface area (TPSA) is 90.1 Å². The van der Waals surface area contributed by atoms with E-state index in [9.17, 15) is 9.59 Å². The second kappa shape index (κ2) is 8.89. The summed E-state index contributed by atoms with van der Waals surface area (Å²) in [5.74, 6) is -0.664. The minimum absolute atomic E-state index is 0.286. The average molecular weight is 444 g/mol. The molecule has 2 aromatic heterocycles. The van der Waals surface area contributed by atoms with Crippen LogP contribution in [0.25, 0.3) is 10.6 Å². The number of rotatable bonds is 6. The van der Waals surface area contributed by atoms with Gasteiger partial charge in [-0.25, -0.2) is 0 Å². The second-order valence-corrected chi connectivity index (χ2v) is 8.91. The number of nitrogens with zero attached hydrogens (tertiary/aromatic N) is 2. The number of hydrogen-bond donors (Lipinski definition) is 3. The standard InChI is InChI=1S/C21H22ClN5O2S/c1-13(20(28)25-14-5-4-6-15(11-14)27-9-2-3-10-27)24-21(29)16-12-23-26-19(16)17-7-8-18(22)30-17/h4-8,11-13H,2-3,9-10H2,1H3,(H,23,26)(H,24,29)(H,25,28). The molecule has 3 heterocycles. The van der Waals surface area contributed by atoms with Crippen LogP contribution in [0.1, 0.15) is 30.1 Å². The first kappa shape index (κ1) is 20.4. The number of aromatic nitrogens is 2. The molecular formula is C21H22ClN5O2S. The van der Waals surface area contributed by atoms with E-state index in [-0.39, 0.29) is 11.8 Å². The summed E-state index contributed by atoms with van der Waals surface area (Å²) in [5, 5.41) is 12.4. The highest BCUT2D eigenvalue weighted by Crippen LogP contribution is 2.31. The first-order valence-electron chi connectivity index (χ1n) is 9.77. The van der Waals surface area contributed by atoms with Crippen molar-refractivity contribution in [2.75, 3.05) is 23.3 Å². The molecule has 1 aromatic carbocycles. The summed E-state index contributed by atoms with van der Waals surface area (Å²) in [4.78, 5) is 28.5. The maximum absolute atomic E-state index is 12.7. The Bertz CT molecular complexity index is 1060. The number of aromatic amines is 1. The molecule has 2 amide bonds. The fourth-order valence-electron chi connectivity index (χ4n) is 3.44. The number of H-pyrrole nitrogens is 1. The van der Waals surface area contributed by atoms with Crippen molar-refractivity contribution in [1.29, 1.82) is 0 Å². The lowest BCUT2D eigenvalue weighted by Gasteiger charge is -2.19.